The van der Waals surface area contributed by atoms with Crippen LogP contribution in [0.3, 0.4) is 0 Å². The van der Waals surface area contributed by atoms with Gasteiger partial charge in [-0.15, -0.1) is 0 Å². The van der Waals surface area contributed by atoms with Crippen LogP contribution in [0.2, 0.25) is 0 Å². The summed E-state index contributed by atoms with van der Waals surface area (Å²) in [5, 5.41) is 0. The Bertz CT molecular complexity index is 387. The second kappa shape index (κ2) is 5.48. The average Bonchev–Trinajstić information content (AvgIpc) is 2.98. The largest absolute Gasteiger partial charge is 0.329 e. The molecule has 4 heterocycles. The first kappa shape index (κ1) is 14.4. The Morgan fingerprint density at radius 2 is 1.86 bits per heavy atom. The zero-order chi connectivity index (χ0) is 14.4. The lowest BCUT2D eigenvalue weighted by Gasteiger charge is -2.48. The third-order valence-electron chi connectivity index (χ3n) is 7.20. The topological polar surface area (TPSA) is 35.7 Å². The Labute approximate surface area is 129 Å². The third-order valence-corrected chi connectivity index (χ3v) is 7.20. The first-order valence-electron chi connectivity index (χ1n) is 9.16. The highest BCUT2D eigenvalue weighted by Gasteiger charge is 2.52. The van der Waals surface area contributed by atoms with Crippen LogP contribution in [0.5, 0.6) is 0 Å². The Kier molecular flexibility index (Phi) is 3.77. The zero-order valence-corrected chi connectivity index (χ0v) is 13.6. The monoisotopic (exact) mass is 292 g/mol. The smallest absolute Gasteiger partial charge is 0.0499 e. The lowest BCUT2D eigenvalue weighted by Crippen LogP contribution is -2.63. The molecule has 0 aromatic carbocycles. The van der Waals surface area contributed by atoms with Crippen molar-refractivity contribution in [2.45, 2.75) is 68.6 Å². The molecule has 0 aliphatic carbocycles. The van der Waals surface area contributed by atoms with Gasteiger partial charge in [0.1, 0.15) is 0 Å². The van der Waals surface area contributed by atoms with Crippen molar-refractivity contribution >= 4 is 0 Å². The minimum atomic E-state index is 0.283. The molecule has 4 aliphatic rings. The van der Waals surface area contributed by atoms with Gasteiger partial charge in [-0.3, -0.25) is 14.7 Å². The Morgan fingerprint density at radius 3 is 2.71 bits per heavy atom. The van der Waals surface area contributed by atoms with E-state index in [0.717, 1.165) is 24.7 Å². The molecule has 0 radical (unpaired) electrons. The summed E-state index contributed by atoms with van der Waals surface area (Å²) in [7, 11) is 2.35. The van der Waals surface area contributed by atoms with E-state index in [9.17, 15) is 0 Å². The van der Waals surface area contributed by atoms with Crippen LogP contribution >= 0.6 is 0 Å². The predicted molar refractivity (Wildman–Crippen MR) is 86.4 cm³/mol. The molecule has 120 valence electrons. The molecule has 0 aromatic rings. The normalized spacial score (nSPS) is 45.7. The molecular weight excluding hydrogens is 260 g/mol. The molecule has 21 heavy (non-hydrogen) atoms. The van der Waals surface area contributed by atoms with Gasteiger partial charge < -0.3 is 5.73 Å². The molecule has 4 atom stereocenters. The fourth-order valence-electron chi connectivity index (χ4n) is 5.82. The van der Waals surface area contributed by atoms with Crippen LogP contribution in [-0.2, 0) is 0 Å². The molecule has 0 spiro atoms. The van der Waals surface area contributed by atoms with Crippen LogP contribution in [-0.4, -0.2) is 78.1 Å². The number of rotatable bonds is 2. The van der Waals surface area contributed by atoms with Crippen LogP contribution in [0, 0.1) is 0 Å². The SMILES string of the molecule is CN1C2CCC1CN(C1(CN)CCN3CCCCC31)CC2. The summed E-state index contributed by atoms with van der Waals surface area (Å²) in [6, 6.07) is 2.34. The fourth-order valence-corrected chi connectivity index (χ4v) is 5.82. The van der Waals surface area contributed by atoms with Gasteiger partial charge >= 0.3 is 0 Å². The Morgan fingerprint density at radius 1 is 1.00 bits per heavy atom. The maximum absolute atomic E-state index is 6.41. The summed E-state index contributed by atoms with van der Waals surface area (Å²) in [6.45, 7) is 5.98. The van der Waals surface area contributed by atoms with Gasteiger partial charge in [0, 0.05) is 49.8 Å². The maximum atomic E-state index is 6.41. The Hall–Kier alpha value is -0.160. The molecule has 0 aromatic heterocycles. The molecule has 2 N–H and O–H groups in total. The number of piperidine rings is 1. The van der Waals surface area contributed by atoms with Crippen LogP contribution in [0.25, 0.3) is 0 Å². The van der Waals surface area contributed by atoms with Crippen molar-refractivity contribution in [3.8, 4) is 0 Å². The number of likely N-dealkylation sites (N-methyl/N-ethyl adjacent to an activating group) is 1. The lowest BCUT2D eigenvalue weighted by atomic mass is 9.83. The molecule has 4 heteroatoms. The molecule has 4 nitrogen and oxygen atoms in total. The van der Waals surface area contributed by atoms with Gasteiger partial charge in [-0.25, -0.2) is 0 Å². The molecule has 4 aliphatic heterocycles. The highest BCUT2D eigenvalue weighted by Crippen LogP contribution is 2.41. The van der Waals surface area contributed by atoms with Crippen molar-refractivity contribution < 1.29 is 0 Å². The van der Waals surface area contributed by atoms with E-state index < -0.39 is 0 Å². The predicted octanol–water partition coefficient (Wildman–Crippen LogP) is 1.11. The van der Waals surface area contributed by atoms with E-state index in [1.54, 1.807) is 0 Å². The molecule has 2 bridgehead atoms. The fraction of sp³-hybridized carbons (Fsp3) is 1.00. The third kappa shape index (κ3) is 2.18. The van der Waals surface area contributed by atoms with E-state index in [-0.39, 0.29) is 5.54 Å². The molecule has 4 saturated heterocycles. The van der Waals surface area contributed by atoms with Crippen molar-refractivity contribution in [1.29, 1.82) is 0 Å². The van der Waals surface area contributed by atoms with Crippen LogP contribution in [0.4, 0.5) is 0 Å². The highest BCUT2D eigenvalue weighted by molar-refractivity contribution is 5.10. The van der Waals surface area contributed by atoms with Crippen molar-refractivity contribution in [2.24, 2.45) is 5.73 Å². The molecule has 4 rings (SSSR count). The van der Waals surface area contributed by atoms with Crippen molar-refractivity contribution in [2.75, 3.05) is 39.8 Å². The van der Waals surface area contributed by atoms with Crippen LogP contribution in [0.15, 0.2) is 0 Å². The zero-order valence-electron chi connectivity index (χ0n) is 13.6. The number of nitrogens with zero attached hydrogens (tertiary/aromatic N) is 3. The maximum Gasteiger partial charge on any atom is 0.0499 e. The second-order valence-electron chi connectivity index (χ2n) is 7.89. The van der Waals surface area contributed by atoms with Crippen molar-refractivity contribution in [1.82, 2.24) is 14.7 Å². The summed E-state index contributed by atoms with van der Waals surface area (Å²) >= 11 is 0. The van der Waals surface area contributed by atoms with E-state index in [0.29, 0.717) is 0 Å². The van der Waals surface area contributed by atoms with E-state index in [4.69, 9.17) is 5.73 Å². The van der Waals surface area contributed by atoms with E-state index in [2.05, 4.69) is 21.7 Å². The van der Waals surface area contributed by atoms with Gasteiger partial charge in [-0.1, -0.05) is 6.42 Å². The summed E-state index contributed by atoms with van der Waals surface area (Å²) in [4.78, 5) is 8.25. The summed E-state index contributed by atoms with van der Waals surface area (Å²) < 4.78 is 0. The van der Waals surface area contributed by atoms with Crippen molar-refractivity contribution in [3.63, 3.8) is 0 Å². The molecule has 0 amide bonds. The van der Waals surface area contributed by atoms with Crippen LogP contribution < -0.4 is 5.73 Å². The van der Waals surface area contributed by atoms with E-state index in [1.807, 2.05) is 0 Å². The van der Waals surface area contributed by atoms with Gasteiger partial charge in [0.05, 0.1) is 0 Å². The summed E-state index contributed by atoms with van der Waals surface area (Å²) in [6.07, 6.45) is 9.63. The molecule has 4 fully saturated rings. The number of nitrogens with two attached hydrogens (primary N) is 1. The van der Waals surface area contributed by atoms with Gasteiger partial charge in [0.15, 0.2) is 0 Å². The van der Waals surface area contributed by atoms with E-state index in [1.165, 1.54) is 71.1 Å². The summed E-state index contributed by atoms with van der Waals surface area (Å²) in [5.41, 5.74) is 6.69. The first-order valence-corrected chi connectivity index (χ1v) is 9.16. The Balaban J connectivity index is 1.58. The van der Waals surface area contributed by atoms with E-state index >= 15 is 0 Å². The lowest BCUT2D eigenvalue weighted by molar-refractivity contribution is 0.0314. The number of fused-ring (bicyclic) bond motifs is 3. The van der Waals surface area contributed by atoms with Crippen molar-refractivity contribution in [3.05, 3.63) is 0 Å². The first-order chi connectivity index (χ1) is 10.2. The van der Waals surface area contributed by atoms with Gasteiger partial charge in [-0.2, -0.15) is 0 Å². The molecule has 0 saturated carbocycles. The number of hydrogen-bond acceptors (Lipinski definition) is 4. The van der Waals surface area contributed by atoms with Crippen LogP contribution in [0.1, 0.15) is 44.9 Å². The summed E-state index contributed by atoms with van der Waals surface area (Å²) in [5.74, 6) is 0. The number of likely N-dealkylation sites (tertiary alicyclic amines) is 1. The van der Waals surface area contributed by atoms with Gasteiger partial charge in [0.25, 0.3) is 0 Å². The average molecular weight is 292 g/mol. The second-order valence-corrected chi connectivity index (χ2v) is 7.89. The van der Waals surface area contributed by atoms with Gasteiger partial charge in [0.2, 0.25) is 0 Å². The highest BCUT2D eigenvalue weighted by atomic mass is 15.4. The standard InChI is InChI=1S/C17H32N4/c1-19-14-5-6-15(19)12-21(10-7-14)17(13-18)8-11-20-9-3-2-4-16(17)20/h14-16H,2-13,18H2,1H3. The van der Waals surface area contributed by atoms with Gasteiger partial charge in [-0.05, 0) is 52.1 Å². The minimum Gasteiger partial charge on any atom is -0.329 e. The number of hydrogen-bond donors (Lipinski definition) is 1. The minimum absolute atomic E-state index is 0.283. The molecular formula is C17H32N4. The quantitative estimate of drug-likeness (QED) is 0.827. The molecule has 4 unspecified atom stereocenters.